The van der Waals surface area contributed by atoms with Crippen LogP contribution in [0.5, 0.6) is 0 Å². The molecule has 0 bridgehead atoms. The summed E-state index contributed by atoms with van der Waals surface area (Å²) in [5.41, 5.74) is 3.62. The molecule has 1 aliphatic heterocycles. The fraction of sp³-hybridized carbons (Fsp3) is 0.481. The third kappa shape index (κ3) is 3.74. The molecule has 34 heavy (non-hydrogen) atoms. The van der Waals surface area contributed by atoms with Crippen molar-refractivity contribution in [3.8, 4) is 0 Å². The van der Waals surface area contributed by atoms with Crippen molar-refractivity contribution in [3.05, 3.63) is 64.7 Å². The van der Waals surface area contributed by atoms with Crippen LogP contribution in [0.15, 0.2) is 47.4 Å². The Morgan fingerprint density at radius 1 is 1.03 bits per heavy atom. The SMILES string of the molecule is CCOC(=O)c1ccc2c(c1)C1CCCCCC3C1C(C2)C(=O)N3S(=O)(=O)c1ccc(C)cc1. The first-order valence-corrected chi connectivity index (χ1v) is 13.7. The van der Waals surface area contributed by atoms with Crippen LogP contribution >= 0.6 is 0 Å². The van der Waals surface area contributed by atoms with E-state index in [1.807, 2.05) is 19.1 Å². The van der Waals surface area contributed by atoms with E-state index in [9.17, 15) is 18.0 Å². The fourth-order valence-electron chi connectivity index (χ4n) is 6.27. The Labute approximate surface area is 201 Å². The number of sulfonamides is 1. The second-order valence-corrected chi connectivity index (χ2v) is 11.6. The van der Waals surface area contributed by atoms with Gasteiger partial charge in [0, 0.05) is 5.92 Å². The summed E-state index contributed by atoms with van der Waals surface area (Å²) >= 11 is 0. The number of amides is 1. The lowest BCUT2D eigenvalue weighted by Gasteiger charge is -2.39. The number of benzene rings is 2. The Balaban J connectivity index is 1.58. The molecule has 180 valence electrons. The zero-order chi connectivity index (χ0) is 24.0. The smallest absolute Gasteiger partial charge is 0.338 e. The Kier molecular flexibility index (Phi) is 6.00. The molecule has 1 saturated carbocycles. The maximum absolute atomic E-state index is 13.7. The second kappa shape index (κ2) is 8.84. The monoisotopic (exact) mass is 481 g/mol. The number of fused-ring (bicyclic) bond motifs is 2. The molecule has 0 spiro atoms. The van der Waals surface area contributed by atoms with Gasteiger partial charge in [-0.3, -0.25) is 4.79 Å². The maximum Gasteiger partial charge on any atom is 0.338 e. The summed E-state index contributed by atoms with van der Waals surface area (Å²) in [6, 6.07) is 12.0. The number of rotatable bonds is 4. The lowest BCUT2D eigenvalue weighted by atomic mass is 9.65. The van der Waals surface area contributed by atoms with Gasteiger partial charge in [0.1, 0.15) is 0 Å². The molecule has 4 unspecified atom stereocenters. The minimum Gasteiger partial charge on any atom is -0.462 e. The van der Waals surface area contributed by atoms with Crippen LogP contribution in [0.1, 0.15) is 72.0 Å². The summed E-state index contributed by atoms with van der Waals surface area (Å²) in [5, 5.41) is 0. The summed E-state index contributed by atoms with van der Waals surface area (Å²) in [5.74, 6) is -0.994. The Bertz CT molecular complexity index is 1220. The molecule has 1 saturated heterocycles. The van der Waals surface area contributed by atoms with E-state index in [4.69, 9.17) is 4.74 Å². The van der Waals surface area contributed by atoms with Gasteiger partial charge in [0.25, 0.3) is 10.0 Å². The van der Waals surface area contributed by atoms with Crippen LogP contribution in [-0.4, -0.2) is 37.2 Å². The van der Waals surface area contributed by atoms with Gasteiger partial charge in [-0.25, -0.2) is 17.5 Å². The van der Waals surface area contributed by atoms with Gasteiger partial charge in [0.05, 0.1) is 23.1 Å². The second-order valence-electron chi connectivity index (χ2n) is 9.79. The molecule has 0 aromatic heterocycles. The minimum atomic E-state index is -3.95. The number of esters is 1. The molecule has 4 atom stereocenters. The van der Waals surface area contributed by atoms with Crippen molar-refractivity contribution in [3.63, 3.8) is 0 Å². The predicted octanol–water partition coefficient (Wildman–Crippen LogP) is 4.61. The molecule has 2 aliphatic carbocycles. The molecular formula is C27H31NO5S. The maximum atomic E-state index is 13.7. The summed E-state index contributed by atoms with van der Waals surface area (Å²) < 4.78 is 33.9. The lowest BCUT2D eigenvalue weighted by molar-refractivity contribution is -0.128. The van der Waals surface area contributed by atoms with E-state index in [1.165, 1.54) is 4.31 Å². The summed E-state index contributed by atoms with van der Waals surface area (Å²) in [7, 11) is -3.95. The standard InChI is InChI=1S/C27H31NO5S/c1-3-33-27(30)19-12-11-18-15-23-25-21(22(18)16-19)7-5-4-6-8-24(25)28(26(23)29)34(31,32)20-13-9-17(2)10-14-20/h9-14,16,21,23-25H,3-8,15H2,1-2H3. The molecule has 3 aliphatic rings. The molecule has 7 heteroatoms. The third-order valence-corrected chi connectivity index (χ3v) is 9.63. The first kappa shape index (κ1) is 23.1. The third-order valence-electron chi connectivity index (χ3n) is 7.80. The highest BCUT2D eigenvalue weighted by molar-refractivity contribution is 7.89. The Hall–Kier alpha value is -2.67. The minimum absolute atomic E-state index is 0.0515. The zero-order valence-corrected chi connectivity index (χ0v) is 20.5. The van der Waals surface area contributed by atoms with E-state index < -0.39 is 10.0 Å². The highest BCUT2D eigenvalue weighted by Crippen LogP contribution is 2.53. The van der Waals surface area contributed by atoms with Crippen LogP contribution in [-0.2, 0) is 26.0 Å². The molecule has 2 aromatic carbocycles. The van der Waals surface area contributed by atoms with Crippen molar-refractivity contribution in [1.29, 1.82) is 0 Å². The normalized spacial score (nSPS) is 26.3. The molecule has 0 radical (unpaired) electrons. The van der Waals surface area contributed by atoms with E-state index in [-0.39, 0.29) is 40.6 Å². The first-order chi connectivity index (χ1) is 16.3. The largest absolute Gasteiger partial charge is 0.462 e. The van der Waals surface area contributed by atoms with Gasteiger partial charge in [-0.15, -0.1) is 0 Å². The molecule has 1 heterocycles. The van der Waals surface area contributed by atoms with Crippen molar-refractivity contribution in [1.82, 2.24) is 4.31 Å². The Morgan fingerprint density at radius 2 is 1.76 bits per heavy atom. The number of carbonyl (C=O) groups is 2. The van der Waals surface area contributed by atoms with E-state index in [1.54, 1.807) is 37.3 Å². The van der Waals surface area contributed by atoms with Crippen LogP contribution in [0.2, 0.25) is 0 Å². The van der Waals surface area contributed by atoms with Crippen LogP contribution in [0.25, 0.3) is 0 Å². The molecular weight excluding hydrogens is 450 g/mol. The van der Waals surface area contributed by atoms with Crippen molar-refractivity contribution in [2.75, 3.05) is 6.61 Å². The molecule has 2 fully saturated rings. The van der Waals surface area contributed by atoms with Crippen molar-refractivity contribution >= 4 is 21.9 Å². The molecule has 6 nitrogen and oxygen atoms in total. The topological polar surface area (TPSA) is 80.8 Å². The van der Waals surface area contributed by atoms with Crippen LogP contribution in [0.3, 0.4) is 0 Å². The van der Waals surface area contributed by atoms with Gasteiger partial charge < -0.3 is 4.74 Å². The van der Waals surface area contributed by atoms with Crippen LogP contribution in [0, 0.1) is 18.8 Å². The van der Waals surface area contributed by atoms with Crippen LogP contribution < -0.4 is 0 Å². The van der Waals surface area contributed by atoms with E-state index in [2.05, 4.69) is 0 Å². The molecule has 5 rings (SSSR count). The van der Waals surface area contributed by atoms with Crippen LogP contribution in [0.4, 0.5) is 0 Å². The molecule has 0 N–H and O–H groups in total. The summed E-state index contributed by atoms with van der Waals surface area (Å²) in [6.07, 6.45) is 5.02. The summed E-state index contributed by atoms with van der Waals surface area (Å²) in [6.45, 7) is 4.01. The number of ether oxygens (including phenoxy) is 1. The van der Waals surface area contributed by atoms with E-state index in [0.717, 1.165) is 42.4 Å². The highest BCUT2D eigenvalue weighted by Gasteiger charge is 2.57. The summed E-state index contributed by atoms with van der Waals surface area (Å²) in [4.78, 5) is 26.3. The average molecular weight is 482 g/mol. The zero-order valence-electron chi connectivity index (χ0n) is 19.7. The highest BCUT2D eigenvalue weighted by atomic mass is 32.2. The van der Waals surface area contributed by atoms with Crippen molar-refractivity contribution in [2.24, 2.45) is 11.8 Å². The van der Waals surface area contributed by atoms with Crippen molar-refractivity contribution in [2.45, 2.75) is 69.2 Å². The van der Waals surface area contributed by atoms with Crippen molar-refractivity contribution < 1.29 is 22.7 Å². The fourth-order valence-corrected chi connectivity index (χ4v) is 7.95. The van der Waals surface area contributed by atoms with Gasteiger partial charge in [0.15, 0.2) is 0 Å². The number of aryl methyl sites for hydroxylation is 1. The number of hydrogen-bond acceptors (Lipinski definition) is 5. The van der Waals surface area contributed by atoms with Gasteiger partial charge in [-0.1, -0.05) is 43.0 Å². The average Bonchev–Trinajstić information content (AvgIpc) is 3.08. The van der Waals surface area contributed by atoms with Gasteiger partial charge in [0.2, 0.25) is 5.91 Å². The van der Waals surface area contributed by atoms with Gasteiger partial charge in [-0.2, -0.15) is 0 Å². The number of nitrogens with zero attached hydrogens (tertiary/aromatic N) is 1. The van der Waals surface area contributed by atoms with E-state index >= 15 is 0 Å². The molecule has 2 aromatic rings. The number of hydrogen-bond donors (Lipinski definition) is 0. The predicted molar refractivity (Wildman–Crippen MR) is 128 cm³/mol. The van der Waals surface area contributed by atoms with Gasteiger partial charge >= 0.3 is 5.97 Å². The lowest BCUT2D eigenvalue weighted by Crippen LogP contribution is -2.41. The Morgan fingerprint density at radius 3 is 2.50 bits per heavy atom. The molecule has 1 amide bonds. The van der Waals surface area contributed by atoms with E-state index in [0.29, 0.717) is 25.0 Å². The quantitative estimate of drug-likeness (QED) is 0.596. The first-order valence-electron chi connectivity index (χ1n) is 12.3. The van der Waals surface area contributed by atoms with Gasteiger partial charge in [-0.05, 0) is 80.3 Å². The number of carbonyl (C=O) groups excluding carboxylic acids is 2.